The first-order valence-electron chi connectivity index (χ1n) is 8.53. The Balaban J connectivity index is 1.75. The monoisotopic (exact) mass is 273 g/mol. The topological polar surface area (TPSA) is 29.9 Å². The molecule has 0 bridgehead atoms. The molecular formula is C17H27N3. The van der Waals surface area contributed by atoms with Crippen molar-refractivity contribution in [3.8, 4) is 0 Å². The average Bonchev–Trinajstić information content (AvgIpc) is 3.30. The van der Waals surface area contributed by atoms with Gasteiger partial charge >= 0.3 is 0 Å². The number of imidazole rings is 1. The molecule has 110 valence electrons. The van der Waals surface area contributed by atoms with E-state index < -0.39 is 0 Å². The third-order valence-corrected chi connectivity index (χ3v) is 5.10. The number of nitrogens with zero attached hydrogens (tertiary/aromatic N) is 2. The summed E-state index contributed by atoms with van der Waals surface area (Å²) in [4.78, 5) is 5.03. The average molecular weight is 273 g/mol. The van der Waals surface area contributed by atoms with Gasteiger partial charge in [0, 0.05) is 37.7 Å². The second-order valence-corrected chi connectivity index (χ2v) is 7.48. The van der Waals surface area contributed by atoms with Gasteiger partial charge in [0.15, 0.2) is 0 Å². The van der Waals surface area contributed by atoms with Crippen LogP contribution in [0.25, 0.3) is 0 Å². The lowest BCUT2D eigenvalue weighted by molar-refractivity contribution is 0.365. The standard InChI is InChI=1S/C17H27N3/c1-11(2)9-16-19-14-10-18-8-7-15(14)20(16)17(12-3-4-12)13-5-6-13/h11-13,17-18H,3-10H2,1-2H3. The van der Waals surface area contributed by atoms with Crippen molar-refractivity contribution < 1.29 is 0 Å². The normalized spacial score (nSPS) is 22.6. The summed E-state index contributed by atoms with van der Waals surface area (Å²) in [5.74, 6) is 4.00. The Labute approximate surface area is 122 Å². The molecule has 3 heteroatoms. The summed E-state index contributed by atoms with van der Waals surface area (Å²) in [5.41, 5.74) is 2.92. The summed E-state index contributed by atoms with van der Waals surface area (Å²) in [7, 11) is 0. The molecule has 3 aliphatic rings. The molecule has 2 heterocycles. The second-order valence-electron chi connectivity index (χ2n) is 7.48. The molecule has 0 spiro atoms. The number of hydrogen-bond donors (Lipinski definition) is 1. The maximum atomic E-state index is 5.03. The van der Waals surface area contributed by atoms with Gasteiger partial charge in [0.05, 0.1) is 5.69 Å². The SMILES string of the molecule is CC(C)Cc1nc2c(n1C(C1CC1)C1CC1)CCNC2. The first kappa shape index (κ1) is 12.9. The van der Waals surface area contributed by atoms with Crippen molar-refractivity contribution in [2.45, 2.75) is 65.0 Å². The summed E-state index contributed by atoms with van der Waals surface area (Å²) in [6.07, 6.45) is 8.13. The number of aromatic nitrogens is 2. The zero-order valence-corrected chi connectivity index (χ0v) is 12.9. The smallest absolute Gasteiger partial charge is 0.109 e. The molecule has 4 rings (SSSR count). The van der Waals surface area contributed by atoms with Crippen molar-refractivity contribution in [1.29, 1.82) is 0 Å². The first-order chi connectivity index (χ1) is 9.74. The van der Waals surface area contributed by atoms with E-state index in [0.717, 1.165) is 37.4 Å². The van der Waals surface area contributed by atoms with Gasteiger partial charge in [0.1, 0.15) is 5.82 Å². The Bertz CT molecular complexity index is 483. The van der Waals surface area contributed by atoms with Crippen LogP contribution in [0.4, 0.5) is 0 Å². The van der Waals surface area contributed by atoms with E-state index in [4.69, 9.17) is 4.98 Å². The van der Waals surface area contributed by atoms with Crippen LogP contribution in [0, 0.1) is 17.8 Å². The predicted molar refractivity (Wildman–Crippen MR) is 80.7 cm³/mol. The molecule has 0 unspecified atom stereocenters. The van der Waals surface area contributed by atoms with Crippen molar-refractivity contribution >= 4 is 0 Å². The zero-order chi connectivity index (χ0) is 13.7. The predicted octanol–water partition coefficient (Wildman–Crippen LogP) is 3.09. The number of rotatable bonds is 5. The van der Waals surface area contributed by atoms with Crippen LogP contribution < -0.4 is 5.32 Å². The lowest BCUT2D eigenvalue weighted by Gasteiger charge is -2.25. The fraction of sp³-hybridized carbons (Fsp3) is 0.824. The molecule has 3 nitrogen and oxygen atoms in total. The van der Waals surface area contributed by atoms with Crippen LogP contribution in [0.2, 0.25) is 0 Å². The molecule has 0 amide bonds. The van der Waals surface area contributed by atoms with Gasteiger partial charge in [-0.2, -0.15) is 0 Å². The summed E-state index contributed by atoms with van der Waals surface area (Å²) >= 11 is 0. The van der Waals surface area contributed by atoms with Gasteiger partial charge in [-0.15, -0.1) is 0 Å². The van der Waals surface area contributed by atoms with E-state index in [1.165, 1.54) is 43.6 Å². The summed E-state index contributed by atoms with van der Waals surface area (Å²) in [6, 6.07) is 0.790. The minimum absolute atomic E-state index is 0.699. The highest BCUT2D eigenvalue weighted by Gasteiger charge is 2.44. The Morgan fingerprint density at radius 3 is 2.50 bits per heavy atom. The number of fused-ring (bicyclic) bond motifs is 1. The van der Waals surface area contributed by atoms with Crippen molar-refractivity contribution in [3.05, 3.63) is 17.2 Å². The number of hydrogen-bond acceptors (Lipinski definition) is 2. The Hall–Kier alpha value is -0.830. The quantitative estimate of drug-likeness (QED) is 0.893. The molecule has 2 fully saturated rings. The minimum atomic E-state index is 0.699. The van der Waals surface area contributed by atoms with Gasteiger partial charge in [0.25, 0.3) is 0 Å². The van der Waals surface area contributed by atoms with Gasteiger partial charge in [-0.1, -0.05) is 13.8 Å². The summed E-state index contributed by atoms with van der Waals surface area (Å²) < 4.78 is 2.73. The maximum Gasteiger partial charge on any atom is 0.109 e. The van der Waals surface area contributed by atoms with Crippen molar-refractivity contribution in [2.24, 2.45) is 17.8 Å². The highest BCUT2D eigenvalue weighted by Crippen LogP contribution is 2.53. The first-order valence-corrected chi connectivity index (χ1v) is 8.53. The largest absolute Gasteiger partial charge is 0.328 e. The molecule has 1 aromatic rings. The third-order valence-electron chi connectivity index (χ3n) is 5.10. The van der Waals surface area contributed by atoms with Crippen LogP contribution in [0.15, 0.2) is 0 Å². The van der Waals surface area contributed by atoms with Crippen molar-refractivity contribution in [3.63, 3.8) is 0 Å². The highest BCUT2D eigenvalue weighted by atomic mass is 15.2. The van der Waals surface area contributed by atoms with E-state index in [1.54, 1.807) is 5.69 Å². The third kappa shape index (κ3) is 2.30. The van der Waals surface area contributed by atoms with Crippen molar-refractivity contribution in [1.82, 2.24) is 14.9 Å². The molecule has 0 atom stereocenters. The van der Waals surface area contributed by atoms with Crippen LogP contribution >= 0.6 is 0 Å². The molecule has 0 radical (unpaired) electrons. The molecular weight excluding hydrogens is 246 g/mol. The second kappa shape index (κ2) is 4.87. The fourth-order valence-corrected chi connectivity index (χ4v) is 3.93. The van der Waals surface area contributed by atoms with Crippen LogP contribution in [-0.2, 0) is 19.4 Å². The fourth-order valence-electron chi connectivity index (χ4n) is 3.93. The van der Waals surface area contributed by atoms with E-state index >= 15 is 0 Å². The molecule has 0 aromatic carbocycles. The van der Waals surface area contributed by atoms with Gasteiger partial charge in [-0.25, -0.2) is 4.98 Å². The minimum Gasteiger partial charge on any atom is -0.328 e. The van der Waals surface area contributed by atoms with Gasteiger partial charge in [-0.3, -0.25) is 0 Å². The number of nitrogens with one attached hydrogen (secondary N) is 1. The van der Waals surface area contributed by atoms with E-state index in [2.05, 4.69) is 23.7 Å². The van der Waals surface area contributed by atoms with Crippen molar-refractivity contribution in [2.75, 3.05) is 6.54 Å². The lowest BCUT2D eigenvalue weighted by atomic mass is 10.0. The van der Waals surface area contributed by atoms with Crippen LogP contribution in [-0.4, -0.2) is 16.1 Å². The Kier molecular flexibility index (Phi) is 3.13. The molecule has 1 aromatic heterocycles. The molecule has 1 N–H and O–H groups in total. The van der Waals surface area contributed by atoms with Crippen LogP contribution in [0.3, 0.4) is 0 Å². The summed E-state index contributed by atoms with van der Waals surface area (Å²) in [6.45, 7) is 6.75. The summed E-state index contributed by atoms with van der Waals surface area (Å²) in [5, 5.41) is 3.49. The molecule has 20 heavy (non-hydrogen) atoms. The van der Waals surface area contributed by atoms with E-state index in [1.807, 2.05) is 0 Å². The molecule has 1 aliphatic heterocycles. The lowest BCUT2D eigenvalue weighted by Crippen LogP contribution is -2.27. The van der Waals surface area contributed by atoms with Gasteiger partial charge in [-0.05, 0) is 43.4 Å². The van der Waals surface area contributed by atoms with Crippen LogP contribution in [0.1, 0.15) is 62.8 Å². The van der Waals surface area contributed by atoms with Gasteiger partial charge < -0.3 is 9.88 Å². The zero-order valence-electron chi connectivity index (χ0n) is 12.9. The van der Waals surface area contributed by atoms with E-state index in [-0.39, 0.29) is 0 Å². The van der Waals surface area contributed by atoms with Crippen LogP contribution in [0.5, 0.6) is 0 Å². The highest BCUT2D eigenvalue weighted by molar-refractivity contribution is 5.23. The Morgan fingerprint density at radius 1 is 1.20 bits per heavy atom. The molecule has 2 saturated carbocycles. The molecule has 0 saturated heterocycles. The Morgan fingerprint density at radius 2 is 1.90 bits per heavy atom. The van der Waals surface area contributed by atoms with E-state index in [0.29, 0.717) is 5.92 Å². The molecule has 2 aliphatic carbocycles. The van der Waals surface area contributed by atoms with E-state index in [9.17, 15) is 0 Å². The maximum absolute atomic E-state index is 5.03. The van der Waals surface area contributed by atoms with Gasteiger partial charge in [0.2, 0.25) is 0 Å².